The Hall–Kier alpha value is -3.14. The summed E-state index contributed by atoms with van der Waals surface area (Å²) in [4.78, 5) is 16.2. The topological polar surface area (TPSA) is 72.7 Å². The molecule has 0 atom stereocenters. The van der Waals surface area contributed by atoms with Crippen molar-refractivity contribution in [3.05, 3.63) is 67.0 Å². The van der Waals surface area contributed by atoms with Crippen LogP contribution in [-0.4, -0.2) is 31.4 Å². The van der Waals surface area contributed by atoms with Gasteiger partial charge in [0.2, 0.25) is 5.91 Å². The van der Waals surface area contributed by atoms with Crippen molar-refractivity contribution in [2.24, 2.45) is 0 Å². The second-order valence-electron chi connectivity index (χ2n) is 5.82. The number of anilines is 1. The Morgan fingerprint density at radius 1 is 1.17 bits per heavy atom. The summed E-state index contributed by atoms with van der Waals surface area (Å²) >= 11 is 1.08. The summed E-state index contributed by atoms with van der Waals surface area (Å²) in [6.45, 7) is 4.12. The monoisotopic (exact) mass is 419 g/mol. The molecule has 0 spiro atoms. The van der Waals surface area contributed by atoms with Crippen LogP contribution < -0.4 is 5.32 Å². The Morgan fingerprint density at radius 2 is 1.90 bits per heavy atom. The fourth-order valence-electron chi connectivity index (χ4n) is 2.56. The van der Waals surface area contributed by atoms with Crippen LogP contribution in [0.4, 0.5) is 18.9 Å². The SMILES string of the molecule is C=CCn1c(SCC(=O)Nc2ccccc2C(F)(F)F)nnc1-c1ccncc1. The number of nitrogens with one attached hydrogen (secondary N) is 1. The van der Waals surface area contributed by atoms with Gasteiger partial charge in [0.25, 0.3) is 0 Å². The Balaban J connectivity index is 1.73. The molecule has 0 aliphatic carbocycles. The van der Waals surface area contributed by atoms with Crippen LogP contribution >= 0.6 is 11.8 Å². The van der Waals surface area contributed by atoms with Crippen molar-refractivity contribution in [2.75, 3.05) is 11.1 Å². The van der Waals surface area contributed by atoms with E-state index in [2.05, 4.69) is 27.1 Å². The van der Waals surface area contributed by atoms with E-state index in [-0.39, 0.29) is 11.4 Å². The van der Waals surface area contributed by atoms with Crippen LogP contribution in [0.15, 0.2) is 66.6 Å². The van der Waals surface area contributed by atoms with Gasteiger partial charge in [0.15, 0.2) is 11.0 Å². The van der Waals surface area contributed by atoms with E-state index >= 15 is 0 Å². The van der Waals surface area contributed by atoms with Crippen molar-refractivity contribution >= 4 is 23.4 Å². The molecule has 2 heterocycles. The van der Waals surface area contributed by atoms with Crippen LogP contribution in [-0.2, 0) is 17.5 Å². The van der Waals surface area contributed by atoms with Crippen molar-refractivity contribution in [2.45, 2.75) is 17.9 Å². The average molecular weight is 419 g/mol. The van der Waals surface area contributed by atoms with Gasteiger partial charge in [-0.15, -0.1) is 16.8 Å². The summed E-state index contributed by atoms with van der Waals surface area (Å²) in [6, 6.07) is 8.39. The van der Waals surface area contributed by atoms with Gasteiger partial charge in [-0.1, -0.05) is 30.0 Å². The molecule has 3 rings (SSSR count). The molecule has 2 aromatic heterocycles. The number of para-hydroxylation sites is 1. The van der Waals surface area contributed by atoms with Gasteiger partial charge in [0, 0.05) is 24.5 Å². The minimum atomic E-state index is -4.55. The Bertz CT molecular complexity index is 1000. The Labute approximate surface area is 168 Å². The van der Waals surface area contributed by atoms with E-state index in [1.54, 1.807) is 35.2 Å². The third-order valence-electron chi connectivity index (χ3n) is 3.81. The number of halogens is 3. The van der Waals surface area contributed by atoms with Crippen molar-refractivity contribution in [3.8, 4) is 11.4 Å². The average Bonchev–Trinajstić information content (AvgIpc) is 3.10. The van der Waals surface area contributed by atoms with Crippen molar-refractivity contribution in [1.29, 1.82) is 0 Å². The molecule has 0 aliphatic rings. The van der Waals surface area contributed by atoms with E-state index in [1.165, 1.54) is 18.2 Å². The normalized spacial score (nSPS) is 11.3. The number of carbonyl (C=O) groups excluding carboxylic acids is 1. The molecule has 0 unspecified atom stereocenters. The number of pyridine rings is 1. The lowest BCUT2D eigenvalue weighted by Crippen LogP contribution is -2.18. The minimum absolute atomic E-state index is 0.127. The highest BCUT2D eigenvalue weighted by atomic mass is 32.2. The van der Waals surface area contributed by atoms with Gasteiger partial charge in [0.05, 0.1) is 17.0 Å². The van der Waals surface area contributed by atoms with Crippen LogP contribution in [0.25, 0.3) is 11.4 Å². The molecule has 10 heteroatoms. The number of amides is 1. The molecule has 1 amide bonds. The first-order valence-electron chi connectivity index (χ1n) is 8.43. The molecular formula is C19H16F3N5OS. The number of allylic oxidation sites excluding steroid dienone is 1. The Morgan fingerprint density at radius 3 is 2.59 bits per heavy atom. The highest BCUT2D eigenvalue weighted by molar-refractivity contribution is 7.99. The molecule has 1 N–H and O–H groups in total. The van der Waals surface area contributed by atoms with E-state index in [0.717, 1.165) is 23.4 Å². The third kappa shape index (κ3) is 5.02. The molecule has 150 valence electrons. The highest BCUT2D eigenvalue weighted by Gasteiger charge is 2.33. The van der Waals surface area contributed by atoms with Gasteiger partial charge < -0.3 is 5.32 Å². The molecular weight excluding hydrogens is 403 g/mol. The number of carbonyl (C=O) groups is 1. The van der Waals surface area contributed by atoms with Crippen LogP contribution in [0.1, 0.15) is 5.56 Å². The molecule has 0 saturated heterocycles. The second kappa shape index (κ2) is 8.91. The van der Waals surface area contributed by atoms with Gasteiger partial charge in [-0.2, -0.15) is 13.2 Å². The molecule has 3 aromatic rings. The van der Waals surface area contributed by atoms with E-state index in [0.29, 0.717) is 17.5 Å². The number of hydrogen-bond acceptors (Lipinski definition) is 5. The quantitative estimate of drug-likeness (QED) is 0.457. The zero-order chi connectivity index (χ0) is 20.9. The van der Waals surface area contributed by atoms with Crippen LogP contribution in [0.2, 0.25) is 0 Å². The molecule has 1 aromatic carbocycles. The first-order chi connectivity index (χ1) is 13.9. The lowest BCUT2D eigenvalue weighted by Gasteiger charge is -2.13. The largest absolute Gasteiger partial charge is 0.418 e. The number of hydrogen-bond donors (Lipinski definition) is 1. The summed E-state index contributed by atoms with van der Waals surface area (Å²) < 4.78 is 40.9. The maximum atomic E-state index is 13.1. The number of rotatable bonds is 7. The van der Waals surface area contributed by atoms with Gasteiger partial charge >= 0.3 is 6.18 Å². The summed E-state index contributed by atoms with van der Waals surface area (Å²) in [6.07, 6.45) is 0.361. The third-order valence-corrected chi connectivity index (χ3v) is 4.77. The molecule has 0 saturated carbocycles. The molecule has 0 aliphatic heterocycles. The molecule has 0 fully saturated rings. The Kier molecular flexibility index (Phi) is 6.32. The first-order valence-corrected chi connectivity index (χ1v) is 9.42. The van der Waals surface area contributed by atoms with Gasteiger partial charge in [-0.25, -0.2) is 0 Å². The van der Waals surface area contributed by atoms with Gasteiger partial charge in [0.1, 0.15) is 0 Å². The molecule has 0 bridgehead atoms. The van der Waals surface area contributed by atoms with E-state index < -0.39 is 17.6 Å². The molecule has 29 heavy (non-hydrogen) atoms. The number of benzene rings is 1. The van der Waals surface area contributed by atoms with Crippen molar-refractivity contribution < 1.29 is 18.0 Å². The van der Waals surface area contributed by atoms with Crippen LogP contribution in [0.3, 0.4) is 0 Å². The van der Waals surface area contributed by atoms with Crippen LogP contribution in [0.5, 0.6) is 0 Å². The first kappa shape index (κ1) is 20.6. The van der Waals surface area contributed by atoms with Crippen molar-refractivity contribution in [3.63, 3.8) is 0 Å². The summed E-state index contributed by atoms with van der Waals surface area (Å²) in [5.41, 5.74) is -0.381. The van der Waals surface area contributed by atoms with E-state index in [9.17, 15) is 18.0 Å². The number of thioether (sulfide) groups is 1. The zero-order valence-electron chi connectivity index (χ0n) is 15.1. The van der Waals surface area contributed by atoms with E-state index in [4.69, 9.17) is 0 Å². The van der Waals surface area contributed by atoms with Gasteiger partial charge in [-0.05, 0) is 24.3 Å². The summed E-state index contributed by atoms with van der Waals surface area (Å²) in [5, 5.41) is 11.0. The number of alkyl halides is 3. The number of nitrogens with zero attached hydrogens (tertiary/aromatic N) is 4. The van der Waals surface area contributed by atoms with Gasteiger partial charge in [-0.3, -0.25) is 14.3 Å². The maximum absolute atomic E-state index is 13.1. The fraction of sp³-hybridized carbons (Fsp3) is 0.158. The lowest BCUT2D eigenvalue weighted by molar-refractivity contribution is -0.137. The highest BCUT2D eigenvalue weighted by Crippen LogP contribution is 2.34. The predicted octanol–water partition coefficient (Wildman–Crippen LogP) is 4.28. The van der Waals surface area contributed by atoms with Crippen molar-refractivity contribution in [1.82, 2.24) is 19.7 Å². The standard InChI is InChI=1S/C19H16F3N5OS/c1-2-11-27-17(13-7-9-23-10-8-13)25-26-18(27)29-12-16(28)24-15-6-4-3-5-14(15)19(20,21)22/h2-10H,1,11-12H2,(H,24,28). The second-order valence-corrected chi connectivity index (χ2v) is 6.76. The van der Waals surface area contributed by atoms with E-state index in [1.807, 2.05) is 0 Å². The zero-order valence-corrected chi connectivity index (χ0v) is 15.9. The van der Waals surface area contributed by atoms with Crippen LogP contribution in [0, 0.1) is 0 Å². The predicted molar refractivity (Wildman–Crippen MR) is 104 cm³/mol. The minimum Gasteiger partial charge on any atom is -0.325 e. The number of aromatic nitrogens is 4. The lowest BCUT2D eigenvalue weighted by atomic mass is 10.1. The maximum Gasteiger partial charge on any atom is 0.418 e. The molecule has 0 radical (unpaired) electrons. The smallest absolute Gasteiger partial charge is 0.325 e. The summed E-state index contributed by atoms with van der Waals surface area (Å²) in [5.74, 6) is -0.124. The summed E-state index contributed by atoms with van der Waals surface area (Å²) in [7, 11) is 0. The fourth-order valence-corrected chi connectivity index (χ4v) is 3.31. The molecule has 6 nitrogen and oxygen atoms in total.